The molecule has 1 aliphatic heterocycles. The highest BCUT2D eigenvalue weighted by atomic mass is 35.5. The average molecular weight is 175 g/mol. The lowest BCUT2D eigenvalue weighted by Gasteiger charge is -2.06. The molecule has 1 aliphatic rings. The van der Waals surface area contributed by atoms with E-state index in [4.69, 9.17) is 16.3 Å². The lowest BCUT2D eigenvalue weighted by atomic mass is 10.2. The topological polar surface area (TPSA) is 26.3 Å². The van der Waals surface area contributed by atoms with Crippen molar-refractivity contribution < 1.29 is 9.53 Å². The zero-order valence-electron chi connectivity index (χ0n) is 6.47. The summed E-state index contributed by atoms with van der Waals surface area (Å²) in [4.78, 5) is 10.4. The Hall–Kier alpha value is -0.500. The molecule has 2 nitrogen and oxygen atoms in total. The summed E-state index contributed by atoms with van der Waals surface area (Å²) in [7, 11) is 0. The predicted molar refractivity (Wildman–Crippen MR) is 43.3 cm³/mol. The number of hydrogen-bond donors (Lipinski definition) is 0. The van der Waals surface area contributed by atoms with E-state index >= 15 is 0 Å². The van der Waals surface area contributed by atoms with E-state index in [1.165, 1.54) is 0 Å². The highest BCUT2D eigenvalue weighted by molar-refractivity contribution is 6.63. The molecule has 1 rings (SSSR count). The first-order valence-electron chi connectivity index (χ1n) is 3.72. The van der Waals surface area contributed by atoms with Gasteiger partial charge in [0.15, 0.2) is 0 Å². The maximum absolute atomic E-state index is 10.4. The SMILES string of the molecule is CC1CC=C(CCC(=O)Cl)O1. The van der Waals surface area contributed by atoms with Crippen LogP contribution >= 0.6 is 11.6 Å². The molecule has 0 saturated heterocycles. The molecular weight excluding hydrogens is 164 g/mol. The molecule has 0 bridgehead atoms. The van der Waals surface area contributed by atoms with Crippen LogP contribution in [0.5, 0.6) is 0 Å². The zero-order chi connectivity index (χ0) is 8.27. The third-order valence-electron chi connectivity index (χ3n) is 1.60. The minimum Gasteiger partial charge on any atom is -0.495 e. The second-order valence-electron chi connectivity index (χ2n) is 2.69. The Bertz CT molecular complexity index is 187. The molecule has 0 aliphatic carbocycles. The van der Waals surface area contributed by atoms with Crippen LogP contribution in [0.4, 0.5) is 0 Å². The lowest BCUT2D eigenvalue weighted by Crippen LogP contribution is -1.99. The van der Waals surface area contributed by atoms with Gasteiger partial charge in [0.2, 0.25) is 5.24 Å². The van der Waals surface area contributed by atoms with Crippen molar-refractivity contribution in [2.45, 2.75) is 32.3 Å². The van der Waals surface area contributed by atoms with Crippen LogP contribution in [0.2, 0.25) is 0 Å². The Morgan fingerprint density at radius 2 is 2.64 bits per heavy atom. The van der Waals surface area contributed by atoms with Crippen LogP contribution in [-0.2, 0) is 9.53 Å². The molecule has 3 heteroatoms. The first kappa shape index (κ1) is 8.60. The van der Waals surface area contributed by atoms with Gasteiger partial charge in [-0.25, -0.2) is 0 Å². The molecule has 0 N–H and O–H groups in total. The third kappa shape index (κ3) is 2.93. The van der Waals surface area contributed by atoms with E-state index in [9.17, 15) is 4.79 Å². The molecule has 0 spiro atoms. The Labute approximate surface area is 71.2 Å². The van der Waals surface area contributed by atoms with Gasteiger partial charge in [0.05, 0.1) is 11.9 Å². The number of ether oxygens (including phenoxy) is 1. The summed E-state index contributed by atoms with van der Waals surface area (Å²) < 4.78 is 5.36. The minimum absolute atomic E-state index is 0.274. The Balaban J connectivity index is 2.23. The van der Waals surface area contributed by atoms with Gasteiger partial charge in [-0.3, -0.25) is 4.79 Å². The van der Waals surface area contributed by atoms with Gasteiger partial charge >= 0.3 is 0 Å². The van der Waals surface area contributed by atoms with Gasteiger partial charge in [0.1, 0.15) is 0 Å². The van der Waals surface area contributed by atoms with Gasteiger partial charge in [-0.1, -0.05) is 0 Å². The van der Waals surface area contributed by atoms with E-state index in [2.05, 4.69) is 0 Å². The number of halogens is 1. The summed E-state index contributed by atoms with van der Waals surface area (Å²) in [6.45, 7) is 2.01. The van der Waals surface area contributed by atoms with Crippen molar-refractivity contribution in [2.24, 2.45) is 0 Å². The van der Waals surface area contributed by atoms with Gasteiger partial charge in [0.25, 0.3) is 0 Å². The van der Waals surface area contributed by atoms with Gasteiger partial charge in [-0.05, 0) is 24.6 Å². The van der Waals surface area contributed by atoms with Crippen LogP contribution in [0.15, 0.2) is 11.8 Å². The normalized spacial score (nSPS) is 22.7. The first-order chi connectivity index (χ1) is 5.18. The Morgan fingerprint density at radius 1 is 1.91 bits per heavy atom. The Kier molecular flexibility index (Phi) is 2.94. The monoisotopic (exact) mass is 174 g/mol. The van der Waals surface area contributed by atoms with E-state index < -0.39 is 0 Å². The van der Waals surface area contributed by atoms with Crippen LogP contribution < -0.4 is 0 Å². The summed E-state index contributed by atoms with van der Waals surface area (Å²) in [5.74, 6) is 0.909. The van der Waals surface area contributed by atoms with Gasteiger partial charge in [-0.15, -0.1) is 0 Å². The van der Waals surface area contributed by atoms with Crippen LogP contribution in [0.25, 0.3) is 0 Å². The van der Waals surface area contributed by atoms with Crippen LogP contribution in [0.1, 0.15) is 26.2 Å². The van der Waals surface area contributed by atoms with Crippen LogP contribution in [0.3, 0.4) is 0 Å². The average Bonchev–Trinajstić information content (AvgIpc) is 2.31. The fourth-order valence-corrected chi connectivity index (χ4v) is 1.13. The van der Waals surface area contributed by atoms with Gasteiger partial charge < -0.3 is 4.74 Å². The van der Waals surface area contributed by atoms with Gasteiger partial charge in [0, 0.05) is 19.3 Å². The number of allylic oxidation sites excluding steroid dienone is 1. The highest BCUT2D eigenvalue weighted by Gasteiger charge is 2.13. The molecule has 62 valence electrons. The van der Waals surface area contributed by atoms with Crippen LogP contribution in [0, 0.1) is 0 Å². The lowest BCUT2D eigenvalue weighted by molar-refractivity contribution is -0.111. The summed E-state index contributed by atoms with van der Waals surface area (Å²) in [6.07, 6.45) is 4.26. The molecule has 11 heavy (non-hydrogen) atoms. The van der Waals surface area contributed by atoms with Crippen molar-refractivity contribution in [3.63, 3.8) is 0 Å². The maximum Gasteiger partial charge on any atom is 0.222 e. The number of rotatable bonds is 3. The molecular formula is C8H11ClO2. The Morgan fingerprint density at radius 3 is 3.09 bits per heavy atom. The molecule has 0 saturated carbocycles. The second kappa shape index (κ2) is 3.77. The first-order valence-corrected chi connectivity index (χ1v) is 4.10. The summed E-state index contributed by atoms with van der Waals surface area (Å²) >= 11 is 5.17. The summed E-state index contributed by atoms with van der Waals surface area (Å²) in [5.41, 5.74) is 0. The molecule has 0 radical (unpaired) electrons. The molecule has 0 aromatic heterocycles. The van der Waals surface area contributed by atoms with Crippen molar-refractivity contribution >= 4 is 16.8 Å². The van der Waals surface area contributed by atoms with E-state index in [1.807, 2.05) is 13.0 Å². The fraction of sp³-hybridized carbons (Fsp3) is 0.625. The summed E-state index contributed by atoms with van der Waals surface area (Å²) in [5, 5.41) is -0.297. The van der Waals surface area contributed by atoms with Crippen molar-refractivity contribution in [1.82, 2.24) is 0 Å². The molecule has 1 unspecified atom stereocenters. The zero-order valence-corrected chi connectivity index (χ0v) is 7.23. The van der Waals surface area contributed by atoms with Crippen molar-refractivity contribution in [3.05, 3.63) is 11.8 Å². The standard InChI is InChI=1S/C8H11ClO2/c1-6-2-3-7(11-6)4-5-8(9)10/h3,6H,2,4-5H2,1H3. The molecule has 0 amide bonds. The van der Waals surface area contributed by atoms with Crippen molar-refractivity contribution in [1.29, 1.82) is 0 Å². The second-order valence-corrected chi connectivity index (χ2v) is 3.11. The molecule has 1 heterocycles. The van der Waals surface area contributed by atoms with Crippen LogP contribution in [-0.4, -0.2) is 11.3 Å². The molecule has 0 aromatic rings. The number of hydrogen-bond acceptors (Lipinski definition) is 2. The van der Waals surface area contributed by atoms with Crippen molar-refractivity contribution in [3.8, 4) is 0 Å². The van der Waals surface area contributed by atoms with Crippen molar-refractivity contribution in [2.75, 3.05) is 0 Å². The quantitative estimate of drug-likeness (QED) is 0.614. The molecule has 0 fully saturated rings. The minimum atomic E-state index is -0.297. The highest BCUT2D eigenvalue weighted by Crippen LogP contribution is 2.20. The number of carbonyl (C=O) groups excluding carboxylic acids is 1. The van der Waals surface area contributed by atoms with Gasteiger partial charge in [-0.2, -0.15) is 0 Å². The predicted octanol–water partition coefficient (Wildman–Crippen LogP) is 2.22. The largest absolute Gasteiger partial charge is 0.495 e. The number of carbonyl (C=O) groups is 1. The third-order valence-corrected chi connectivity index (χ3v) is 1.79. The summed E-state index contributed by atoms with van der Waals surface area (Å²) in [6, 6.07) is 0. The smallest absolute Gasteiger partial charge is 0.222 e. The fourth-order valence-electron chi connectivity index (χ4n) is 1.03. The van der Waals surface area contributed by atoms with E-state index in [0.29, 0.717) is 12.8 Å². The molecule has 0 aromatic carbocycles. The molecule has 1 atom stereocenters. The van der Waals surface area contributed by atoms with E-state index in [-0.39, 0.29) is 11.3 Å². The van der Waals surface area contributed by atoms with E-state index in [1.54, 1.807) is 0 Å². The van der Waals surface area contributed by atoms with E-state index in [0.717, 1.165) is 12.2 Å². The maximum atomic E-state index is 10.4.